The average molecular weight is 874 g/mol. The summed E-state index contributed by atoms with van der Waals surface area (Å²) in [4.78, 5) is 14.0. The summed E-state index contributed by atoms with van der Waals surface area (Å²) >= 11 is 1.12. The maximum atomic E-state index is 8.76. The van der Waals surface area contributed by atoms with Gasteiger partial charge in [-0.3, -0.25) is 4.98 Å². The van der Waals surface area contributed by atoms with E-state index in [1.807, 2.05) is 156 Å². The Bertz CT molecular complexity index is 2430. The van der Waals surface area contributed by atoms with E-state index < -0.39 is 30.4 Å². The van der Waals surface area contributed by atoms with Gasteiger partial charge in [0.15, 0.2) is 5.65 Å². The molecule has 4 nitrogen and oxygen atoms in total. The largest absolute Gasteiger partial charge is 0.323 e. The van der Waals surface area contributed by atoms with Crippen LogP contribution in [-0.4, -0.2) is 19.5 Å². The first-order valence-electron chi connectivity index (χ1n) is 20.1. The van der Waals surface area contributed by atoms with Crippen LogP contribution in [0.3, 0.4) is 0 Å². The number of hydrogen-bond donors (Lipinski definition) is 0. The van der Waals surface area contributed by atoms with Crippen molar-refractivity contribution < 1.29 is 29.7 Å². The maximum absolute atomic E-state index is 8.76. The Kier molecular flexibility index (Phi) is 9.45. The molecule has 0 atom stereocenters. The second-order valence-electron chi connectivity index (χ2n) is 13.6. The van der Waals surface area contributed by atoms with Crippen LogP contribution >= 0.6 is 11.3 Å². The number of aromatic nitrogens is 4. The zero-order chi connectivity index (χ0) is 41.6. The van der Waals surface area contributed by atoms with Gasteiger partial charge in [0.2, 0.25) is 0 Å². The minimum absolute atomic E-state index is 0. The summed E-state index contributed by atoms with van der Waals surface area (Å²) in [5.74, 6) is -1.07. The zero-order valence-electron chi connectivity index (χ0n) is 36.9. The van der Waals surface area contributed by atoms with Gasteiger partial charge in [-0.2, -0.15) is 0 Å². The molecule has 0 aliphatic carbocycles. The monoisotopic (exact) mass is 874 g/mol. The Hall–Kier alpha value is -4.22. The number of hydrogen-bond acceptors (Lipinski definition) is 4. The summed E-state index contributed by atoms with van der Waals surface area (Å²) in [6.45, 7) is 10.8. The number of fused-ring (bicyclic) bond motifs is 1. The molecule has 6 heteroatoms. The van der Waals surface area contributed by atoms with Crippen molar-refractivity contribution >= 4 is 21.8 Å². The molecule has 3 aromatic heterocycles. The molecule has 0 spiro atoms. The van der Waals surface area contributed by atoms with E-state index in [0.717, 1.165) is 56.1 Å². The number of thiazole rings is 1. The van der Waals surface area contributed by atoms with Gasteiger partial charge in [0, 0.05) is 41.6 Å². The Balaban J connectivity index is 0.000000270. The van der Waals surface area contributed by atoms with Gasteiger partial charge in [0.25, 0.3) is 0 Å². The number of benzene rings is 4. The van der Waals surface area contributed by atoms with E-state index in [9.17, 15) is 0 Å². The second-order valence-corrected chi connectivity index (χ2v) is 14.5. The fourth-order valence-electron chi connectivity index (χ4n) is 5.81. The molecule has 263 valence electrons. The molecular weight excluding hydrogens is 821 g/mol. The number of imidazole rings is 1. The van der Waals surface area contributed by atoms with E-state index in [2.05, 4.69) is 22.1 Å². The van der Waals surface area contributed by atoms with Crippen LogP contribution < -0.4 is 0 Å². The van der Waals surface area contributed by atoms with Crippen molar-refractivity contribution in [3.8, 4) is 39.5 Å². The molecule has 0 saturated heterocycles. The van der Waals surface area contributed by atoms with Gasteiger partial charge in [0.05, 0.1) is 10.8 Å². The van der Waals surface area contributed by atoms with Crippen molar-refractivity contribution in [3.05, 3.63) is 143 Å². The third-order valence-corrected chi connectivity index (χ3v) is 8.84. The quantitative estimate of drug-likeness (QED) is 0.150. The SMILES string of the molecule is [2H]C([2H])([2H])c1nc2nc(-c3[c-]cccc3)n(-c3ccc(-c4c(C([2H])(C)C)cccc4C([2H])(C)C)cc3)c2s1.[2H]C([2H])(c1ccc(-c2[c-]cccc2)nc1)C(C)(C)C.[Ir]. The first-order chi connectivity index (χ1) is 26.6. The van der Waals surface area contributed by atoms with Crippen molar-refractivity contribution in [2.75, 3.05) is 0 Å². The minimum atomic E-state index is -2.31. The van der Waals surface area contributed by atoms with Crippen LogP contribution in [0.5, 0.6) is 0 Å². The summed E-state index contributed by atoms with van der Waals surface area (Å²) < 4.78 is 59.3. The van der Waals surface area contributed by atoms with Crippen LogP contribution in [-0.2, 0) is 26.5 Å². The van der Waals surface area contributed by atoms with Crippen molar-refractivity contribution in [2.24, 2.45) is 5.41 Å². The number of nitrogens with zero attached hydrogens (tertiary/aromatic N) is 4. The summed E-state index contributed by atoms with van der Waals surface area (Å²) in [6.07, 6.45) is 0.223. The molecule has 0 bridgehead atoms. The molecule has 0 aliphatic rings. The summed E-state index contributed by atoms with van der Waals surface area (Å²) in [7, 11) is 0. The topological polar surface area (TPSA) is 43.6 Å². The van der Waals surface area contributed by atoms with E-state index in [1.165, 1.54) is 0 Å². The van der Waals surface area contributed by atoms with Crippen LogP contribution in [0.15, 0.2) is 109 Å². The Morgan fingerprint density at radius 1 is 0.804 bits per heavy atom. The maximum Gasteiger partial charge on any atom is 0.180 e. The van der Waals surface area contributed by atoms with Crippen LogP contribution in [0, 0.1) is 24.4 Å². The Morgan fingerprint density at radius 2 is 1.45 bits per heavy atom. The first-order valence-corrected chi connectivity index (χ1v) is 17.4. The van der Waals surface area contributed by atoms with Gasteiger partial charge in [-0.1, -0.05) is 102 Å². The van der Waals surface area contributed by atoms with Crippen molar-refractivity contribution in [3.63, 3.8) is 0 Å². The summed E-state index contributed by atoms with van der Waals surface area (Å²) in [6, 6.07) is 38.9. The smallest absolute Gasteiger partial charge is 0.180 e. The molecular formula is C45H46IrN4S-2. The molecule has 0 fully saturated rings. The van der Waals surface area contributed by atoms with Crippen LogP contribution in [0.4, 0.5) is 0 Å². The Morgan fingerprint density at radius 3 is 1.98 bits per heavy atom. The predicted molar refractivity (Wildman–Crippen MR) is 211 cm³/mol. The normalized spacial score (nSPS) is 14.4. The third-order valence-electron chi connectivity index (χ3n) is 7.99. The first kappa shape index (κ1) is 29.4. The zero-order valence-corrected chi connectivity index (χ0v) is 33.1. The average Bonchev–Trinajstić information content (AvgIpc) is 3.74. The molecule has 0 saturated carbocycles. The minimum Gasteiger partial charge on any atom is -0.323 e. The molecule has 0 N–H and O–H groups in total. The Labute approximate surface area is 331 Å². The molecule has 51 heavy (non-hydrogen) atoms. The molecule has 3 heterocycles. The number of rotatable bonds is 7. The van der Waals surface area contributed by atoms with Crippen LogP contribution in [0.25, 0.3) is 49.9 Å². The molecule has 0 amide bonds. The van der Waals surface area contributed by atoms with Crippen molar-refractivity contribution in [1.29, 1.82) is 0 Å². The standard InChI is InChI=1S/C29H28N3S.C16H18N.Ir/c1-18(2)24-12-9-13-25(19(3)4)26(24)21-14-16-23(17-15-21)32-28(22-10-7-6-8-11-22)31-27-29(32)33-20(5)30-27;1-16(2,3)11-13-9-10-15(17-12-13)14-7-5-4-6-8-14;/h6-10,12-19H,1-5H3;4-7,9-10,12H,11H2,1-3H3;/q2*-1;/i5D3,18D,19D;11D2;. The fourth-order valence-corrected chi connectivity index (χ4v) is 6.59. The molecule has 0 unspecified atom stereocenters. The van der Waals surface area contributed by atoms with E-state index in [0.29, 0.717) is 21.9 Å². The third kappa shape index (κ3) is 8.99. The van der Waals surface area contributed by atoms with Gasteiger partial charge in [-0.25, -0.2) is 4.98 Å². The fraction of sp³-hybridized carbons (Fsp3) is 0.267. The van der Waals surface area contributed by atoms with Crippen molar-refractivity contribution in [1.82, 2.24) is 19.5 Å². The molecule has 7 rings (SSSR count). The van der Waals surface area contributed by atoms with E-state index in [4.69, 9.17) is 14.6 Å². The van der Waals surface area contributed by atoms with E-state index in [1.54, 1.807) is 6.20 Å². The van der Waals surface area contributed by atoms with Crippen LogP contribution in [0.1, 0.15) is 91.5 Å². The summed E-state index contributed by atoms with van der Waals surface area (Å²) in [5.41, 5.74) is 7.38. The van der Waals surface area contributed by atoms with Gasteiger partial charge < -0.3 is 9.55 Å². The number of aryl methyl sites for hydroxylation is 1. The summed E-state index contributed by atoms with van der Waals surface area (Å²) in [5, 5.41) is 0.0536. The van der Waals surface area contributed by atoms with Gasteiger partial charge in [0.1, 0.15) is 4.83 Å². The molecule has 0 aliphatic heterocycles. The molecule has 4 aromatic carbocycles. The van der Waals surface area contributed by atoms with Gasteiger partial charge in [-0.05, 0) is 76.1 Å². The molecule has 7 aromatic rings. The second kappa shape index (κ2) is 16.4. The molecule has 1 radical (unpaired) electrons. The van der Waals surface area contributed by atoms with E-state index >= 15 is 0 Å². The predicted octanol–water partition coefficient (Wildman–Crippen LogP) is 12.3. The van der Waals surface area contributed by atoms with Crippen molar-refractivity contribution in [2.45, 2.75) is 73.5 Å². The van der Waals surface area contributed by atoms with E-state index in [-0.39, 0.29) is 25.1 Å². The number of pyridine rings is 1. The van der Waals surface area contributed by atoms with Crippen LogP contribution in [0.2, 0.25) is 0 Å². The van der Waals surface area contributed by atoms with Gasteiger partial charge in [-0.15, -0.1) is 71.8 Å². The van der Waals surface area contributed by atoms with Gasteiger partial charge >= 0.3 is 0 Å².